The van der Waals surface area contributed by atoms with Crippen LogP contribution in [0.15, 0.2) is 60.0 Å². The van der Waals surface area contributed by atoms with Crippen LogP contribution in [0.4, 0.5) is 10.8 Å². The van der Waals surface area contributed by atoms with Crippen LogP contribution in [0.3, 0.4) is 0 Å². The fourth-order valence-electron chi connectivity index (χ4n) is 2.63. The molecule has 0 atom stereocenters. The first-order valence-electron chi connectivity index (χ1n) is 9.02. The zero-order valence-corrected chi connectivity index (χ0v) is 15.9. The number of thiazole rings is 1. The molecule has 2 aromatic carbocycles. The number of nitrogens with one attached hydrogen (secondary N) is 2. The molecule has 142 valence electrons. The van der Waals surface area contributed by atoms with Gasteiger partial charge in [-0.2, -0.15) is 0 Å². The minimum Gasteiger partial charge on any atom is -0.484 e. The lowest BCUT2D eigenvalue weighted by molar-refractivity contribution is -0.118. The quantitative estimate of drug-likeness (QED) is 0.631. The van der Waals surface area contributed by atoms with Crippen molar-refractivity contribution in [3.05, 3.63) is 60.0 Å². The van der Waals surface area contributed by atoms with Crippen LogP contribution in [0.2, 0.25) is 0 Å². The zero-order valence-electron chi connectivity index (χ0n) is 15.1. The Hall–Kier alpha value is -3.19. The zero-order chi connectivity index (χ0) is 19.3. The van der Waals surface area contributed by atoms with E-state index >= 15 is 0 Å². The van der Waals surface area contributed by atoms with E-state index in [1.54, 1.807) is 24.3 Å². The van der Waals surface area contributed by atoms with Gasteiger partial charge < -0.3 is 10.1 Å². The molecule has 2 amide bonds. The van der Waals surface area contributed by atoms with Crippen molar-refractivity contribution in [3.8, 4) is 17.0 Å². The number of ether oxygens (including phenoxy) is 1. The molecule has 6 nitrogen and oxygen atoms in total. The van der Waals surface area contributed by atoms with Gasteiger partial charge in [0.15, 0.2) is 11.7 Å². The largest absolute Gasteiger partial charge is 0.484 e. The van der Waals surface area contributed by atoms with E-state index in [2.05, 4.69) is 15.6 Å². The number of aromatic nitrogens is 1. The van der Waals surface area contributed by atoms with Crippen LogP contribution in [0.1, 0.15) is 12.8 Å². The predicted octanol–water partition coefficient (Wildman–Crippen LogP) is 4.18. The number of nitrogens with zero attached hydrogens (tertiary/aromatic N) is 1. The first-order valence-corrected chi connectivity index (χ1v) is 9.90. The molecular weight excluding hydrogens is 374 g/mol. The highest BCUT2D eigenvalue weighted by Gasteiger charge is 2.29. The van der Waals surface area contributed by atoms with E-state index in [4.69, 9.17) is 4.74 Å². The first kappa shape index (κ1) is 18.2. The summed E-state index contributed by atoms with van der Waals surface area (Å²) >= 11 is 1.37. The van der Waals surface area contributed by atoms with Crippen LogP contribution in [0.5, 0.6) is 5.75 Å². The molecule has 0 aliphatic heterocycles. The van der Waals surface area contributed by atoms with Crippen molar-refractivity contribution >= 4 is 34.0 Å². The summed E-state index contributed by atoms with van der Waals surface area (Å²) in [5.74, 6) is 0.400. The van der Waals surface area contributed by atoms with Gasteiger partial charge >= 0.3 is 0 Å². The van der Waals surface area contributed by atoms with Crippen molar-refractivity contribution in [2.45, 2.75) is 12.8 Å². The van der Waals surface area contributed by atoms with Gasteiger partial charge in [-0.3, -0.25) is 14.9 Å². The maximum absolute atomic E-state index is 12.2. The van der Waals surface area contributed by atoms with Crippen molar-refractivity contribution in [1.82, 2.24) is 4.98 Å². The van der Waals surface area contributed by atoms with Crippen molar-refractivity contribution in [1.29, 1.82) is 0 Å². The summed E-state index contributed by atoms with van der Waals surface area (Å²) in [5, 5.41) is 8.03. The molecule has 4 rings (SSSR count). The second-order valence-corrected chi connectivity index (χ2v) is 7.39. The lowest BCUT2D eigenvalue weighted by Gasteiger charge is -2.09. The van der Waals surface area contributed by atoms with Crippen LogP contribution in [0, 0.1) is 5.92 Å². The Morgan fingerprint density at radius 3 is 2.68 bits per heavy atom. The number of hydrogen-bond donors (Lipinski definition) is 2. The molecule has 1 heterocycles. The van der Waals surface area contributed by atoms with Crippen LogP contribution in [-0.4, -0.2) is 23.4 Å². The molecule has 1 aromatic heterocycles. The van der Waals surface area contributed by atoms with Crippen molar-refractivity contribution in [2.24, 2.45) is 5.92 Å². The van der Waals surface area contributed by atoms with Gasteiger partial charge in [-0.15, -0.1) is 11.3 Å². The molecule has 2 N–H and O–H groups in total. The topological polar surface area (TPSA) is 80.3 Å². The number of hydrogen-bond acceptors (Lipinski definition) is 5. The maximum atomic E-state index is 12.2. The highest BCUT2D eigenvalue weighted by Crippen LogP contribution is 2.30. The van der Waals surface area contributed by atoms with Gasteiger partial charge in [0.25, 0.3) is 5.91 Å². The molecule has 0 spiro atoms. The molecular formula is C21H19N3O3S. The van der Waals surface area contributed by atoms with Crippen molar-refractivity contribution in [3.63, 3.8) is 0 Å². The van der Waals surface area contributed by atoms with E-state index < -0.39 is 0 Å². The molecule has 1 saturated carbocycles. The van der Waals surface area contributed by atoms with Gasteiger partial charge in [0, 0.05) is 28.6 Å². The lowest BCUT2D eigenvalue weighted by Crippen LogP contribution is -2.20. The van der Waals surface area contributed by atoms with Crippen LogP contribution >= 0.6 is 11.3 Å². The third-order valence-electron chi connectivity index (χ3n) is 4.24. The van der Waals surface area contributed by atoms with E-state index in [1.165, 1.54) is 11.3 Å². The maximum Gasteiger partial charge on any atom is 0.264 e. The van der Waals surface area contributed by atoms with Gasteiger partial charge in [0.05, 0.1) is 5.69 Å². The number of anilines is 2. The summed E-state index contributed by atoms with van der Waals surface area (Å²) in [6.45, 7) is -0.139. The van der Waals surface area contributed by atoms with E-state index in [9.17, 15) is 9.59 Å². The third-order valence-corrected chi connectivity index (χ3v) is 5.00. The fraction of sp³-hybridized carbons (Fsp3) is 0.190. The molecule has 1 aliphatic rings. The van der Waals surface area contributed by atoms with Crippen molar-refractivity contribution in [2.75, 3.05) is 17.2 Å². The Kier molecular flexibility index (Phi) is 5.34. The molecule has 0 unspecified atom stereocenters. The number of amides is 2. The van der Waals surface area contributed by atoms with E-state index in [0.29, 0.717) is 16.6 Å². The summed E-state index contributed by atoms with van der Waals surface area (Å²) in [5.41, 5.74) is 2.49. The average Bonchev–Trinajstić information content (AvgIpc) is 3.47. The predicted molar refractivity (Wildman–Crippen MR) is 109 cm³/mol. The second-order valence-electron chi connectivity index (χ2n) is 6.53. The molecule has 1 aliphatic carbocycles. The summed E-state index contributed by atoms with van der Waals surface area (Å²) in [6, 6.07) is 16.8. The van der Waals surface area contributed by atoms with Gasteiger partial charge in [0.1, 0.15) is 5.75 Å². The minimum atomic E-state index is -0.290. The van der Waals surface area contributed by atoms with Crippen LogP contribution < -0.4 is 15.4 Å². The van der Waals surface area contributed by atoms with Crippen LogP contribution in [0.25, 0.3) is 11.3 Å². The number of benzene rings is 2. The third kappa shape index (κ3) is 4.75. The molecule has 7 heteroatoms. The lowest BCUT2D eigenvalue weighted by atomic mass is 10.2. The number of rotatable bonds is 7. The Morgan fingerprint density at radius 1 is 1.07 bits per heavy atom. The second kappa shape index (κ2) is 8.22. The average molecular weight is 393 g/mol. The Bertz CT molecular complexity index is 983. The fourth-order valence-corrected chi connectivity index (χ4v) is 3.37. The highest BCUT2D eigenvalue weighted by atomic mass is 32.1. The molecule has 0 radical (unpaired) electrons. The van der Waals surface area contributed by atoms with Gasteiger partial charge in [-0.1, -0.05) is 36.4 Å². The smallest absolute Gasteiger partial charge is 0.264 e. The Balaban J connectivity index is 1.30. The highest BCUT2D eigenvalue weighted by molar-refractivity contribution is 7.14. The molecule has 1 fully saturated rings. The van der Waals surface area contributed by atoms with Crippen LogP contribution in [-0.2, 0) is 9.59 Å². The number of carbonyl (C=O) groups is 2. The Labute approximate surface area is 166 Å². The molecule has 3 aromatic rings. The van der Waals surface area contributed by atoms with E-state index in [1.807, 2.05) is 35.7 Å². The Morgan fingerprint density at radius 2 is 1.89 bits per heavy atom. The monoisotopic (exact) mass is 393 g/mol. The van der Waals surface area contributed by atoms with E-state index in [0.717, 1.165) is 24.1 Å². The molecule has 0 saturated heterocycles. The first-order chi connectivity index (χ1) is 13.7. The van der Waals surface area contributed by atoms with Crippen molar-refractivity contribution < 1.29 is 14.3 Å². The van der Waals surface area contributed by atoms with E-state index in [-0.39, 0.29) is 24.3 Å². The SMILES string of the molecule is O=C(COc1cccc(NC(=O)C2CC2)c1)Nc1nc(-c2ccccc2)cs1. The summed E-state index contributed by atoms with van der Waals surface area (Å²) in [6.07, 6.45) is 1.90. The molecule has 0 bridgehead atoms. The minimum absolute atomic E-state index is 0.0351. The standard InChI is InChI=1S/C21H19N3O3S/c25-19(24-21-23-18(13-28-21)14-5-2-1-3-6-14)12-27-17-8-4-7-16(11-17)22-20(26)15-9-10-15/h1-8,11,13,15H,9-10,12H2,(H,22,26)(H,23,24,25). The summed E-state index contributed by atoms with van der Waals surface area (Å²) in [7, 11) is 0. The van der Waals surface area contributed by atoms with Gasteiger partial charge in [-0.05, 0) is 25.0 Å². The van der Waals surface area contributed by atoms with Gasteiger partial charge in [0.2, 0.25) is 5.91 Å². The van der Waals surface area contributed by atoms with Gasteiger partial charge in [-0.25, -0.2) is 4.98 Å². The number of carbonyl (C=O) groups excluding carboxylic acids is 2. The summed E-state index contributed by atoms with van der Waals surface area (Å²) in [4.78, 5) is 28.4. The normalized spacial score (nSPS) is 13.0. The molecule has 28 heavy (non-hydrogen) atoms. The summed E-state index contributed by atoms with van der Waals surface area (Å²) < 4.78 is 5.54.